The quantitative estimate of drug-likeness (QED) is 0.691. The minimum Gasteiger partial charge on any atom is -0.468 e. The number of hydrogen-bond acceptors (Lipinski definition) is 5. The van der Waals surface area contributed by atoms with Gasteiger partial charge in [0.2, 0.25) is 0 Å². The third-order valence-corrected chi connectivity index (χ3v) is 4.68. The molecule has 0 radical (unpaired) electrons. The molecule has 5 nitrogen and oxygen atoms in total. The second-order valence-electron chi connectivity index (χ2n) is 4.79. The first-order chi connectivity index (χ1) is 8.51. The number of hydrogen-bond donors (Lipinski definition) is 1. The van der Waals surface area contributed by atoms with Gasteiger partial charge < -0.3 is 15.0 Å². The molecule has 1 aliphatic rings. The molecule has 18 heavy (non-hydrogen) atoms. The maximum atomic E-state index is 11.8. The van der Waals surface area contributed by atoms with Crippen LogP contribution >= 0.6 is 0 Å². The minimum absolute atomic E-state index is 0.218. The number of ether oxygens (including phenoxy) is 1. The topological polar surface area (TPSA) is 58.6 Å². The van der Waals surface area contributed by atoms with Gasteiger partial charge in [-0.1, -0.05) is 6.92 Å². The van der Waals surface area contributed by atoms with Crippen LogP contribution in [0.25, 0.3) is 0 Å². The monoisotopic (exact) mass is 276 g/mol. The lowest BCUT2D eigenvalue weighted by Crippen LogP contribution is -2.52. The molecule has 1 aliphatic heterocycles. The van der Waals surface area contributed by atoms with E-state index >= 15 is 0 Å². The van der Waals surface area contributed by atoms with E-state index < -0.39 is 16.3 Å². The number of esters is 1. The Bertz CT molecular complexity index is 302. The van der Waals surface area contributed by atoms with Crippen LogP contribution in [0.1, 0.15) is 20.3 Å². The largest absolute Gasteiger partial charge is 0.468 e. The van der Waals surface area contributed by atoms with Crippen molar-refractivity contribution in [1.82, 2.24) is 10.2 Å². The van der Waals surface area contributed by atoms with Gasteiger partial charge in [-0.2, -0.15) is 0 Å². The minimum atomic E-state index is -0.648. The highest BCUT2D eigenvalue weighted by Gasteiger charge is 2.33. The number of carbonyl (C=O) groups is 1. The van der Waals surface area contributed by atoms with E-state index in [0.29, 0.717) is 6.42 Å². The zero-order valence-corrected chi connectivity index (χ0v) is 12.3. The number of nitrogens with zero attached hydrogens (tertiary/aromatic N) is 1. The fraction of sp³-hybridized carbons (Fsp3) is 0.917. The highest BCUT2D eigenvalue weighted by Crippen LogP contribution is 2.14. The fourth-order valence-corrected chi connectivity index (χ4v) is 3.29. The third kappa shape index (κ3) is 4.33. The molecular formula is C12H24N2O3S. The van der Waals surface area contributed by atoms with Crippen LogP contribution < -0.4 is 5.32 Å². The highest BCUT2D eigenvalue weighted by molar-refractivity contribution is 7.85. The molecule has 0 bridgehead atoms. The van der Waals surface area contributed by atoms with Crippen molar-refractivity contribution in [2.24, 2.45) is 0 Å². The number of methoxy groups -OCH3 is 1. The molecule has 0 aromatic heterocycles. The average Bonchev–Trinajstić information content (AvgIpc) is 2.37. The fourth-order valence-electron chi connectivity index (χ4n) is 2.16. The molecule has 1 saturated heterocycles. The molecule has 1 rings (SSSR count). The van der Waals surface area contributed by atoms with Crippen LogP contribution in [0.3, 0.4) is 0 Å². The predicted molar refractivity (Wildman–Crippen MR) is 73.0 cm³/mol. The lowest BCUT2D eigenvalue weighted by atomic mass is 9.97. The first-order valence-corrected chi connectivity index (χ1v) is 7.91. The Morgan fingerprint density at radius 2 is 2.06 bits per heavy atom. The maximum absolute atomic E-state index is 11.8. The Kier molecular flexibility index (Phi) is 6.25. The van der Waals surface area contributed by atoms with Gasteiger partial charge in [-0.05, 0) is 19.9 Å². The van der Waals surface area contributed by atoms with Crippen molar-refractivity contribution in [1.29, 1.82) is 0 Å². The maximum Gasteiger partial charge on any atom is 0.325 e. The summed E-state index contributed by atoms with van der Waals surface area (Å²) in [6, 6.07) is 0. The van der Waals surface area contributed by atoms with Crippen molar-refractivity contribution < 1.29 is 13.7 Å². The van der Waals surface area contributed by atoms with Gasteiger partial charge in [-0.3, -0.25) is 9.00 Å². The van der Waals surface area contributed by atoms with E-state index in [9.17, 15) is 9.00 Å². The summed E-state index contributed by atoms with van der Waals surface area (Å²) in [6.07, 6.45) is 0.708. The first kappa shape index (κ1) is 15.6. The predicted octanol–water partition coefficient (Wildman–Crippen LogP) is -0.0180. The molecule has 6 heteroatoms. The summed E-state index contributed by atoms with van der Waals surface area (Å²) < 4.78 is 16.1. The number of rotatable bonds is 6. The van der Waals surface area contributed by atoms with E-state index in [1.165, 1.54) is 7.11 Å². The molecule has 1 unspecified atom stereocenters. The van der Waals surface area contributed by atoms with Crippen LogP contribution in [-0.2, 0) is 20.3 Å². The van der Waals surface area contributed by atoms with Crippen molar-refractivity contribution in [2.75, 3.05) is 44.8 Å². The van der Waals surface area contributed by atoms with Crippen LogP contribution in [0.4, 0.5) is 0 Å². The van der Waals surface area contributed by atoms with Crippen LogP contribution in [0.15, 0.2) is 0 Å². The average molecular weight is 276 g/mol. The molecule has 0 aromatic carbocycles. The molecule has 0 saturated carbocycles. The molecule has 0 amide bonds. The van der Waals surface area contributed by atoms with Crippen LogP contribution in [0, 0.1) is 0 Å². The number of nitrogens with one attached hydrogen (secondary N) is 1. The summed E-state index contributed by atoms with van der Waals surface area (Å²) >= 11 is 0. The Labute approximate surface area is 112 Å². The smallest absolute Gasteiger partial charge is 0.325 e. The van der Waals surface area contributed by atoms with Gasteiger partial charge in [0, 0.05) is 41.9 Å². The van der Waals surface area contributed by atoms with E-state index in [0.717, 1.165) is 37.7 Å². The van der Waals surface area contributed by atoms with Crippen molar-refractivity contribution in [3.05, 3.63) is 0 Å². The Hall–Kier alpha value is -0.460. The molecule has 1 fully saturated rings. The van der Waals surface area contributed by atoms with E-state index in [4.69, 9.17) is 4.74 Å². The van der Waals surface area contributed by atoms with Crippen LogP contribution in [0.2, 0.25) is 0 Å². The molecule has 106 valence electrons. The van der Waals surface area contributed by atoms with E-state index in [1.807, 2.05) is 13.8 Å². The molecule has 0 spiro atoms. The van der Waals surface area contributed by atoms with Crippen molar-refractivity contribution in [3.8, 4) is 0 Å². The Morgan fingerprint density at radius 3 is 2.56 bits per heavy atom. The standard InChI is InChI=1S/C12H24N2O3S/c1-4-13-12(2,11(15)17-3)5-6-14-7-9-18(16)10-8-14/h13H,4-10H2,1-3H3. The highest BCUT2D eigenvalue weighted by atomic mass is 32.2. The summed E-state index contributed by atoms with van der Waals surface area (Å²) in [7, 11) is 0.770. The van der Waals surface area contributed by atoms with Gasteiger partial charge in [-0.15, -0.1) is 0 Å². The second kappa shape index (κ2) is 7.21. The molecular weight excluding hydrogens is 252 g/mol. The number of likely N-dealkylation sites (N-methyl/N-ethyl adjacent to an activating group) is 1. The molecule has 0 aliphatic carbocycles. The van der Waals surface area contributed by atoms with Crippen molar-refractivity contribution in [3.63, 3.8) is 0 Å². The van der Waals surface area contributed by atoms with Crippen LogP contribution in [-0.4, -0.2) is 65.4 Å². The van der Waals surface area contributed by atoms with Crippen molar-refractivity contribution >= 4 is 16.8 Å². The third-order valence-electron chi connectivity index (χ3n) is 3.40. The van der Waals surface area contributed by atoms with Crippen molar-refractivity contribution in [2.45, 2.75) is 25.8 Å². The lowest BCUT2D eigenvalue weighted by Gasteiger charge is -2.32. The Morgan fingerprint density at radius 1 is 1.44 bits per heavy atom. The van der Waals surface area contributed by atoms with Gasteiger partial charge in [-0.25, -0.2) is 0 Å². The lowest BCUT2D eigenvalue weighted by molar-refractivity contribution is -0.148. The van der Waals surface area contributed by atoms with E-state index in [1.54, 1.807) is 0 Å². The second-order valence-corrected chi connectivity index (χ2v) is 6.49. The normalized spacial score (nSPS) is 21.5. The van der Waals surface area contributed by atoms with Gasteiger partial charge in [0.05, 0.1) is 7.11 Å². The Balaban J connectivity index is 2.46. The summed E-state index contributed by atoms with van der Waals surface area (Å²) in [5.74, 6) is 1.27. The SMILES string of the molecule is CCNC(C)(CCN1CCS(=O)CC1)C(=O)OC. The van der Waals surface area contributed by atoms with E-state index in [2.05, 4.69) is 10.2 Å². The summed E-state index contributed by atoms with van der Waals surface area (Å²) in [5, 5.41) is 3.20. The molecule has 1 heterocycles. The number of carbonyl (C=O) groups excluding carboxylic acids is 1. The van der Waals surface area contributed by atoms with Gasteiger partial charge in [0.1, 0.15) is 5.54 Å². The first-order valence-electron chi connectivity index (χ1n) is 6.42. The van der Waals surface area contributed by atoms with Crippen LogP contribution in [0.5, 0.6) is 0 Å². The summed E-state index contributed by atoms with van der Waals surface area (Å²) in [6.45, 7) is 7.13. The zero-order valence-electron chi connectivity index (χ0n) is 11.5. The van der Waals surface area contributed by atoms with Gasteiger partial charge >= 0.3 is 5.97 Å². The zero-order chi connectivity index (χ0) is 13.6. The summed E-state index contributed by atoms with van der Waals surface area (Å²) in [4.78, 5) is 14.1. The van der Waals surface area contributed by atoms with E-state index in [-0.39, 0.29) is 5.97 Å². The summed E-state index contributed by atoms with van der Waals surface area (Å²) in [5.41, 5.74) is -0.625. The molecule has 1 atom stereocenters. The van der Waals surface area contributed by atoms with Gasteiger partial charge in [0.25, 0.3) is 0 Å². The molecule has 1 N–H and O–H groups in total. The molecule has 0 aromatic rings. The van der Waals surface area contributed by atoms with Gasteiger partial charge in [0.15, 0.2) is 0 Å².